The number of nitrogens with one attached hydrogen (secondary N) is 1. The number of carbonyl (C=O) groups excluding carboxylic acids is 1. The van der Waals surface area contributed by atoms with E-state index in [1.807, 2.05) is 0 Å². The van der Waals surface area contributed by atoms with Gasteiger partial charge in [-0.2, -0.15) is 0 Å². The monoisotopic (exact) mass is 296 g/mol. The summed E-state index contributed by atoms with van der Waals surface area (Å²) in [6.07, 6.45) is 7.19. The average molecular weight is 296 g/mol. The second kappa shape index (κ2) is 8.17. The molecule has 0 aromatic rings. The molecule has 1 amide bonds. The first kappa shape index (κ1) is 18.5. The predicted molar refractivity (Wildman–Crippen MR) is 90.1 cm³/mol. The summed E-state index contributed by atoms with van der Waals surface area (Å²) < 4.78 is 0. The van der Waals surface area contributed by atoms with E-state index in [2.05, 4.69) is 51.8 Å². The number of amides is 1. The van der Waals surface area contributed by atoms with Crippen LogP contribution >= 0.6 is 0 Å². The van der Waals surface area contributed by atoms with Crippen molar-refractivity contribution in [1.29, 1.82) is 0 Å². The van der Waals surface area contributed by atoms with E-state index in [4.69, 9.17) is 0 Å². The van der Waals surface area contributed by atoms with E-state index < -0.39 is 0 Å². The van der Waals surface area contributed by atoms with Gasteiger partial charge in [0.15, 0.2) is 0 Å². The molecule has 1 aliphatic rings. The maximum atomic E-state index is 12.6. The molecule has 1 rings (SSSR count). The van der Waals surface area contributed by atoms with Crippen LogP contribution in [0.25, 0.3) is 0 Å². The fraction of sp³-hybridized carbons (Fsp3) is 0.944. The van der Waals surface area contributed by atoms with Gasteiger partial charge in [-0.1, -0.05) is 60.8 Å². The first-order valence-corrected chi connectivity index (χ1v) is 8.87. The maximum absolute atomic E-state index is 12.6. The van der Waals surface area contributed by atoms with Crippen molar-refractivity contribution in [2.75, 3.05) is 6.54 Å². The molecule has 2 atom stereocenters. The quantitative estimate of drug-likeness (QED) is 0.647. The van der Waals surface area contributed by atoms with Gasteiger partial charge in [-0.3, -0.25) is 10.1 Å². The lowest BCUT2D eigenvalue weighted by molar-refractivity contribution is -0.131. The van der Waals surface area contributed by atoms with Crippen LogP contribution in [0.5, 0.6) is 0 Å². The van der Waals surface area contributed by atoms with Crippen LogP contribution in [-0.4, -0.2) is 29.6 Å². The Hall–Kier alpha value is -0.570. The molecule has 1 N–H and O–H groups in total. The topological polar surface area (TPSA) is 32.3 Å². The predicted octanol–water partition coefficient (Wildman–Crippen LogP) is 4.18. The van der Waals surface area contributed by atoms with Gasteiger partial charge >= 0.3 is 0 Å². The van der Waals surface area contributed by atoms with Gasteiger partial charge in [-0.05, 0) is 30.6 Å². The minimum Gasteiger partial charge on any atom is -0.325 e. The Morgan fingerprint density at radius 1 is 1.24 bits per heavy atom. The fourth-order valence-electron chi connectivity index (χ4n) is 3.26. The normalized spacial score (nSPS) is 23.4. The minimum atomic E-state index is 0.0280. The van der Waals surface area contributed by atoms with Crippen LogP contribution in [-0.2, 0) is 4.79 Å². The SMILES string of the molecule is CCCCCC(C)(C)CN1C(=O)C(CC)NC1CC(C)C. The number of rotatable bonds is 9. The van der Waals surface area contributed by atoms with Crippen LogP contribution in [0.2, 0.25) is 0 Å². The zero-order chi connectivity index (χ0) is 16.0. The first-order chi connectivity index (χ1) is 9.80. The zero-order valence-electron chi connectivity index (χ0n) is 15.0. The average Bonchev–Trinajstić information content (AvgIpc) is 2.66. The number of hydrogen-bond acceptors (Lipinski definition) is 2. The van der Waals surface area contributed by atoms with Gasteiger partial charge in [0.05, 0.1) is 12.2 Å². The summed E-state index contributed by atoms with van der Waals surface area (Å²) in [5.74, 6) is 0.920. The Balaban J connectivity index is 2.68. The Kier molecular flexibility index (Phi) is 7.19. The second-order valence-electron chi connectivity index (χ2n) is 7.86. The highest BCUT2D eigenvalue weighted by molar-refractivity contribution is 5.84. The number of nitrogens with zero attached hydrogens (tertiary/aromatic N) is 1. The van der Waals surface area contributed by atoms with E-state index in [-0.39, 0.29) is 17.6 Å². The van der Waals surface area contributed by atoms with E-state index in [1.165, 1.54) is 25.7 Å². The molecular formula is C18H36N2O. The number of hydrogen-bond donors (Lipinski definition) is 1. The van der Waals surface area contributed by atoms with E-state index in [0.29, 0.717) is 11.8 Å². The molecule has 1 saturated heterocycles. The third-order valence-corrected chi connectivity index (χ3v) is 4.51. The first-order valence-electron chi connectivity index (χ1n) is 8.87. The van der Waals surface area contributed by atoms with Crippen LogP contribution < -0.4 is 5.32 Å². The molecule has 0 aromatic carbocycles. The molecular weight excluding hydrogens is 260 g/mol. The van der Waals surface area contributed by atoms with Crippen LogP contribution in [0.15, 0.2) is 0 Å². The van der Waals surface area contributed by atoms with Crippen molar-refractivity contribution in [2.24, 2.45) is 11.3 Å². The standard InChI is InChI=1S/C18H36N2O/c1-7-9-10-11-18(5,6)13-20-16(12-14(3)4)19-15(8-2)17(20)21/h14-16,19H,7-13H2,1-6H3. The van der Waals surface area contributed by atoms with Crippen LogP contribution in [0.1, 0.15) is 80.1 Å². The smallest absolute Gasteiger partial charge is 0.241 e. The summed E-state index contributed by atoms with van der Waals surface area (Å²) in [6, 6.07) is 0.0280. The van der Waals surface area contributed by atoms with Gasteiger partial charge in [0, 0.05) is 6.54 Å². The van der Waals surface area contributed by atoms with Crippen LogP contribution in [0, 0.1) is 11.3 Å². The summed E-state index contributed by atoms with van der Waals surface area (Å²) in [7, 11) is 0. The molecule has 1 heterocycles. The van der Waals surface area contributed by atoms with Crippen molar-refractivity contribution in [2.45, 2.75) is 92.3 Å². The van der Waals surface area contributed by atoms with E-state index >= 15 is 0 Å². The molecule has 3 heteroatoms. The van der Waals surface area contributed by atoms with Gasteiger partial charge < -0.3 is 4.90 Å². The third kappa shape index (κ3) is 5.61. The lowest BCUT2D eigenvalue weighted by atomic mass is 9.86. The molecule has 124 valence electrons. The Bertz CT molecular complexity index is 325. The zero-order valence-corrected chi connectivity index (χ0v) is 15.0. The maximum Gasteiger partial charge on any atom is 0.241 e. The van der Waals surface area contributed by atoms with Crippen molar-refractivity contribution < 1.29 is 4.79 Å². The van der Waals surface area contributed by atoms with Gasteiger partial charge in [-0.15, -0.1) is 0 Å². The van der Waals surface area contributed by atoms with Gasteiger partial charge in [0.25, 0.3) is 0 Å². The van der Waals surface area contributed by atoms with Gasteiger partial charge in [0.2, 0.25) is 5.91 Å². The molecule has 0 bridgehead atoms. The highest BCUT2D eigenvalue weighted by atomic mass is 16.2. The van der Waals surface area contributed by atoms with Crippen molar-refractivity contribution in [1.82, 2.24) is 10.2 Å². The van der Waals surface area contributed by atoms with Gasteiger partial charge in [-0.25, -0.2) is 0 Å². The van der Waals surface area contributed by atoms with E-state index in [9.17, 15) is 4.79 Å². The molecule has 21 heavy (non-hydrogen) atoms. The molecule has 0 saturated carbocycles. The summed E-state index contributed by atoms with van der Waals surface area (Å²) in [4.78, 5) is 14.7. The Morgan fingerprint density at radius 3 is 2.43 bits per heavy atom. The molecule has 3 nitrogen and oxygen atoms in total. The van der Waals surface area contributed by atoms with Crippen molar-refractivity contribution in [3.05, 3.63) is 0 Å². The molecule has 2 unspecified atom stereocenters. The van der Waals surface area contributed by atoms with E-state index in [1.54, 1.807) is 0 Å². The van der Waals surface area contributed by atoms with Crippen LogP contribution in [0.4, 0.5) is 0 Å². The Morgan fingerprint density at radius 2 is 1.90 bits per heavy atom. The third-order valence-electron chi connectivity index (χ3n) is 4.51. The van der Waals surface area contributed by atoms with Crippen molar-refractivity contribution in [3.63, 3.8) is 0 Å². The summed E-state index contributed by atoms with van der Waals surface area (Å²) in [5, 5.41) is 3.54. The summed E-state index contributed by atoms with van der Waals surface area (Å²) in [6.45, 7) is 14.3. The lowest BCUT2D eigenvalue weighted by Crippen LogP contribution is -2.43. The summed E-state index contributed by atoms with van der Waals surface area (Å²) in [5.41, 5.74) is 0.213. The van der Waals surface area contributed by atoms with Crippen molar-refractivity contribution in [3.8, 4) is 0 Å². The second-order valence-corrected chi connectivity index (χ2v) is 7.86. The molecule has 0 aromatic heterocycles. The number of unbranched alkanes of at least 4 members (excludes halogenated alkanes) is 2. The molecule has 0 spiro atoms. The molecule has 1 aliphatic heterocycles. The van der Waals surface area contributed by atoms with Crippen molar-refractivity contribution >= 4 is 5.91 Å². The number of carbonyl (C=O) groups is 1. The highest BCUT2D eigenvalue weighted by Gasteiger charge is 2.40. The molecule has 0 radical (unpaired) electrons. The molecule has 1 fully saturated rings. The lowest BCUT2D eigenvalue weighted by Gasteiger charge is -2.34. The minimum absolute atomic E-state index is 0.0280. The fourth-order valence-corrected chi connectivity index (χ4v) is 3.26. The van der Waals surface area contributed by atoms with Crippen LogP contribution in [0.3, 0.4) is 0 Å². The summed E-state index contributed by atoms with van der Waals surface area (Å²) >= 11 is 0. The van der Waals surface area contributed by atoms with E-state index in [0.717, 1.165) is 19.4 Å². The largest absolute Gasteiger partial charge is 0.325 e. The molecule has 0 aliphatic carbocycles. The highest BCUT2D eigenvalue weighted by Crippen LogP contribution is 2.29. The van der Waals surface area contributed by atoms with Gasteiger partial charge in [0.1, 0.15) is 0 Å². The Labute approximate surface area is 131 Å².